The Hall–Kier alpha value is -2.24. The van der Waals surface area contributed by atoms with Crippen LogP contribution in [0.1, 0.15) is 27.2 Å². The fourth-order valence-corrected chi connectivity index (χ4v) is 1.66. The Morgan fingerprint density at radius 3 is 2.65 bits per heavy atom. The molecule has 0 aliphatic carbocycles. The van der Waals surface area contributed by atoms with Gasteiger partial charge in [-0.3, -0.25) is 9.69 Å². The van der Waals surface area contributed by atoms with Crippen LogP contribution < -0.4 is 14.2 Å². The van der Waals surface area contributed by atoms with Gasteiger partial charge in [-0.2, -0.15) is 0 Å². The number of hydrogen-bond donors (Lipinski definition) is 0. The summed E-state index contributed by atoms with van der Waals surface area (Å²) in [5.41, 5.74) is 0. The third kappa shape index (κ3) is 2.54. The monoisotopic (exact) mass is 279 g/mol. The third-order valence-electron chi connectivity index (χ3n) is 3.17. The van der Waals surface area contributed by atoms with Gasteiger partial charge >= 0.3 is 6.09 Å². The van der Waals surface area contributed by atoms with Crippen molar-refractivity contribution in [3.05, 3.63) is 18.2 Å². The fourth-order valence-electron chi connectivity index (χ4n) is 1.66. The zero-order valence-electron chi connectivity index (χ0n) is 11.9. The van der Waals surface area contributed by atoms with Crippen LogP contribution in [0.3, 0.4) is 0 Å². The molecule has 0 spiro atoms. The van der Waals surface area contributed by atoms with Crippen molar-refractivity contribution in [1.29, 1.82) is 0 Å². The molecule has 0 saturated heterocycles. The lowest BCUT2D eigenvalue weighted by atomic mass is 10.2. The number of rotatable bonds is 2. The van der Waals surface area contributed by atoms with Crippen molar-refractivity contribution in [2.75, 3.05) is 7.05 Å². The highest BCUT2D eigenvalue weighted by Crippen LogP contribution is 2.46. The summed E-state index contributed by atoms with van der Waals surface area (Å²) in [6.07, 6.45) is -0.123. The van der Waals surface area contributed by atoms with Crippen LogP contribution >= 0.6 is 0 Å². The number of ether oxygens (including phenoxy) is 3. The molecule has 6 heteroatoms. The number of benzene rings is 1. The molecule has 0 fully saturated rings. The molecule has 1 unspecified atom stereocenters. The quantitative estimate of drug-likeness (QED) is 0.832. The van der Waals surface area contributed by atoms with Crippen LogP contribution in [0.5, 0.6) is 17.2 Å². The van der Waals surface area contributed by atoms with Gasteiger partial charge in [-0.05, 0) is 12.1 Å². The van der Waals surface area contributed by atoms with Gasteiger partial charge in [0.05, 0.1) is 0 Å². The van der Waals surface area contributed by atoms with Crippen molar-refractivity contribution in [2.45, 2.75) is 33.0 Å². The van der Waals surface area contributed by atoms with E-state index in [1.807, 2.05) is 6.92 Å². The third-order valence-corrected chi connectivity index (χ3v) is 3.17. The van der Waals surface area contributed by atoms with Crippen LogP contribution in [0.15, 0.2) is 18.2 Å². The highest BCUT2D eigenvalue weighted by molar-refractivity contribution is 5.91. The maximum Gasteiger partial charge on any atom is 0.421 e. The normalized spacial score (nSPS) is 19.6. The van der Waals surface area contributed by atoms with Crippen LogP contribution in [0.4, 0.5) is 4.79 Å². The smallest absolute Gasteiger partial charge is 0.421 e. The van der Waals surface area contributed by atoms with Gasteiger partial charge in [-0.15, -0.1) is 0 Å². The second-order valence-corrected chi connectivity index (χ2v) is 4.72. The van der Waals surface area contributed by atoms with Gasteiger partial charge in [-0.25, -0.2) is 4.79 Å². The first-order valence-corrected chi connectivity index (χ1v) is 6.33. The summed E-state index contributed by atoms with van der Waals surface area (Å²) in [4.78, 5) is 23.8. The van der Waals surface area contributed by atoms with Crippen LogP contribution in [0.25, 0.3) is 0 Å². The molecule has 1 aliphatic heterocycles. The van der Waals surface area contributed by atoms with Crippen LogP contribution in [0.2, 0.25) is 0 Å². The van der Waals surface area contributed by atoms with Crippen molar-refractivity contribution in [3.8, 4) is 17.2 Å². The molecule has 1 aliphatic rings. The first kappa shape index (κ1) is 14.2. The van der Waals surface area contributed by atoms with E-state index in [9.17, 15) is 9.59 Å². The van der Waals surface area contributed by atoms with Crippen molar-refractivity contribution >= 4 is 12.0 Å². The van der Waals surface area contributed by atoms with Gasteiger partial charge in [-0.1, -0.05) is 13.0 Å². The van der Waals surface area contributed by atoms with E-state index in [4.69, 9.17) is 14.2 Å². The van der Waals surface area contributed by atoms with Gasteiger partial charge in [0.2, 0.25) is 17.4 Å². The van der Waals surface area contributed by atoms with E-state index in [2.05, 4.69) is 0 Å². The molecule has 0 aromatic heterocycles. The molecule has 1 atom stereocenters. The Morgan fingerprint density at radius 2 is 2.05 bits per heavy atom. The first-order valence-electron chi connectivity index (χ1n) is 6.33. The first-order chi connectivity index (χ1) is 9.36. The van der Waals surface area contributed by atoms with Crippen LogP contribution in [-0.4, -0.2) is 29.7 Å². The molecule has 0 N–H and O–H groups in total. The standard InChI is InChI=1S/C14H17NO5/c1-5-14(3)19-11-8-6-7-10(12(11)20-14)18-13(17)15(4)9(2)16/h6-8H,5H2,1-4H3. The van der Waals surface area contributed by atoms with Crippen LogP contribution in [0, 0.1) is 0 Å². The number of nitrogens with zero attached hydrogens (tertiary/aromatic N) is 1. The summed E-state index contributed by atoms with van der Waals surface area (Å²) in [5.74, 6) is -0.0414. The Labute approximate surface area is 117 Å². The van der Waals surface area contributed by atoms with Crippen molar-refractivity contribution < 1.29 is 23.8 Å². The molecule has 2 rings (SSSR count). The van der Waals surface area contributed by atoms with Gasteiger partial charge in [0.15, 0.2) is 11.5 Å². The van der Waals surface area contributed by atoms with Gasteiger partial charge in [0.25, 0.3) is 0 Å². The number of imide groups is 1. The number of fused-ring (bicyclic) bond motifs is 1. The average molecular weight is 279 g/mol. The summed E-state index contributed by atoms with van der Waals surface area (Å²) in [7, 11) is 1.35. The molecule has 1 aromatic rings. The molecular weight excluding hydrogens is 262 g/mol. The summed E-state index contributed by atoms with van der Waals surface area (Å²) >= 11 is 0. The summed E-state index contributed by atoms with van der Waals surface area (Å²) in [6.45, 7) is 5.02. The molecule has 1 aromatic carbocycles. The number of para-hydroxylation sites is 1. The summed E-state index contributed by atoms with van der Waals surface area (Å²) in [6, 6.07) is 5.03. The minimum absolute atomic E-state index is 0.234. The molecule has 20 heavy (non-hydrogen) atoms. The molecule has 1 heterocycles. The Morgan fingerprint density at radius 1 is 1.35 bits per heavy atom. The molecule has 0 saturated carbocycles. The minimum Gasteiger partial charge on any atom is -0.449 e. The Bertz CT molecular complexity index is 556. The lowest BCUT2D eigenvalue weighted by molar-refractivity contribution is -0.125. The highest BCUT2D eigenvalue weighted by Gasteiger charge is 2.37. The molecule has 2 amide bonds. The summed E-state index contributed by atoms with van der Waals surface area (Å²) < 4.78 is 16.6. The van der Waals surface area contributed by atoms with E-state index in [0.717, 1.165) is 4.90 Å². The second-order valence-electron chi connectivity index (χ2n) is 4.72. The Kier molecular flexibility index (Phi) is 3.57. The molecule has 0 bridgehead atoms. The second kappa shape index (κ2) is 5.03. The fraction of sp³-hybridized carbons (Fsp3) is 0.429. The maximum absolute atomic E-state index is 11.8. The SMILES string of the molecule is CCC1(C)Oc2cccc(OC(=O)N(C)C(C)=O)c2O1. The number of hydrogen-bond acceptors (Lipinski definition) is 5. The van der Waals surface area contributed by atoms with E-state index < -0.39 is 17.8 Å². The van der Waals surface area contributed by atoms with Crippen molar-refractivity contribution in [3.63, 3.8) is 0 Å². The van der Waals surface area contributed by atoms with Gasteiger partial charge in [0, 0.05) is 27.3 Å². The highest BCUT2D eigenvalue weighted by atomic mass is 16.7. The number of carbonyl (C=O) groups excluding carboxylic acids is 2. The predicted molar refractivity (Wildman–Crippen MR) is 70.9 cm³/mol. The average Bonchev–Trinajstić information content (AvgIpc) is 2.76. The van der Waals surface area contributed by atoms with Gasteiger partial charge in [0.1, 0.15) is 0 Å². The maximum atomic E-state index is 11.8. The van der Waals surface area contributed by atoms with E-state index in [1.54, 1.807) is 25.1 Å². The van der Waals surface area contributed by atoms with E-state index in [-0.39, 0.29) is 5.75 Å². The Balaban J connectivity index is 2.23. The zero-order chi connectivity index (χ0) is 14.9. The molecule has 6 nitrogen and oxygen atoms in total. The van der Waals surface area contributed by atoms with E-state index >= 15 is 0 Å². The molecular formula is C14H17NO5. The molecule has 108 valence electrons. The topological polar surface area (TPSA) is 65.1 Å². The zero-order valence-corrected chi connectivity index (χ0v) is 11.9. The number of carbonyl (C=O) groups is 2. The lowest BCUT2D eigenvalue weighted by Crippen LogP contribution is -2.34. The number of amides is 2. The lowest BCUT2D eigenvalue weighted by Gasteiger charge is -2.20. The largest absolute Gasteiger partial charge is 0.449 e. The predicted octanol–water partition coefficient (Wildman–Crippen LogP) is 2.56. The summed E-state index contributed by atoms with van der Waals surface area (Å²) in [5, 5.41) is 0. The van der Waals surface area contributed by atoms with Gasteiger partial charge < -0.3 is 14.2 Å². The van der Waals surface area contributed by atoms with Crippen molar-refractivity contribution in [1.82, 2.24) is 4.90 Å². The van der Waals surface area contributed by atoms with Crippen LogP contribution in [-0.2, 0) is 4.79 Å². The van der Waals surface area contributed by atoms with E-state index in [1.165, 1.54) is 14.0 Å². The molecule has 0 radical (unpaired) electrons. The minimum atomic E-state index is -0.767. The van der Waals surface area contributed by atoms with E-state index in [0.29, 0.717) is 17.9 Å². The van der Waals surface area contributed by atoms with Crippen molar-refractivity contribution in [2.24, 2.45) is 0 Å².